The summed E-state index contributed by atoms with van der Waals surface area (Å²) in [4.78, 5) is 16.4. The van der Waals surface area contributed by atoms with Crippen molar-refractivity contribution in [3.63, 3.8) is 0 Å². The van der Waals surface area contributed by atoms with Gasteiger partial charge in [0.25, 0.3) is 0 Å². The number of aromatic nitrogens is 1. The topological polar surface area (TPSA) is 60.5 Å². The molecule has 1 aliphatic heterocycles. The zero-order valence-electron chi connectivity index (χ0n) is 12.6. The van der Waals surface area contributed by atoms with Crippen molar-refractivity contribution in [3.05, 3.63) is 29.3 Å². The zero-order chi connectivity index (χ0) is 15.5. The molecule has 6 heteroatoms. The van der Waals surface area contributed by atoms with Crippen molar-refractivity contribution in [3.8, 4) is 22.1 Å². The summed E-state index contributed by atoms with van der Waals surface area (Å²) >= 11 is 1.53. The lowest BCUT2D eigenvalue weighted by molar-refractivity contribution is -0.120. The normalized spacial score (nSPS) is 12.7. The van der Waals surface area contributed by atoms with Gasteiger partial charge in [0.15, 0.2) is 11.5 Å². The lowest BCUT2D eigenvalue weighted by atomic mass is 10.2. The number of carbonyl (C=O) groups is 1. The van der Waals surface area contributed by atoms with Crippen molar-refractivity contribution in [2.75, 3.05) is 13.3 Å². The van der Waals surface area contributed by atoms with E-state index in [9.17, 15) is 4.79 Å². The quantitative estimate of drug-likeness (QED) is 0.921. The summed E-state index contributed by atoms with van der Waals surface area (Å²) in [5, 5.41) is 5.71. The second kappa shape index (κ2) is 6.36. The van der Waals surface area contributed by atoms with Crippen molar-refractivity contribution < 1.29 is 14.3 Å². The molecule has 0 saturated carbocycles. The number of hydrogen-bond donors (Lipinski definition) is 1. The van der Waals surface area contributed by atoms with E-state index in [1.54, 1.807) is 0 Å². The molecule has 0 radical (unpaired) electrons. The minimum absolute atomic E-state index is 0.0104. The fourth-order valence-electron chi connectivity index (χ4n) is 2.10. The first-order chi connectivity index (χ1) is 10.6. The van der Waals surface area contributed by atoms with E-state index in [0.29, 0.717) is 18.9 Å². The van der Waals surface area contributed by atoms with Crippen LogP contribution in [0, 0.1) is 5.92 Å². The van der Waals surface area contributed by atoms with Gasteiger partial charge in [0.2, 0.25) is 12.7 Å². The Morgan fingerprint density at radius 1 is 1.36 bits per heavy atom. The molecule has 0 unspecified atom stereocenters. The molecule has 3 rings (SSSR count). The Hall–Kier alpha value is -2.08. The van der Waals surface area contributed by atoms with Gasteiger partial charge in [0.05, 0.1) is 12.1 Å². The summed E-state index contributed by atoms with van der Waals surface area (Å²) in [7, 11) is 0. The maximum absolute atomic E-state index is 11.8. The maximum atomic E-state index is 11.8. The Morgan fingerprint density at radius 2 is 2.18 bits per heavy atom. The second-order valence-electron chi connectivity index (χ2n) is 5.59. The first kappa shape index (κ1) is 14.8. The van der Waals surface area contributed by atoms with Gasteiger partial charge in [-0.25, -0.2) is 4.98 Å². The van der Waals surface area contributed by atoms with Crippen LogP contribution in [-0.2, 0) is 11.2 Å². The van der Waals surface area contributed by atoms with Gasteiger partial charge in [-0.1, -0.05) is 13.8 Å². The van der Waals surface area contributed by atoms with Gasteiger partial charge in [0, 0.05) is 17.5 Å². The third kappa shape index (κ3) is 3.39. The number of ether oxygens (including phenoxy) is 2. The third-order valence-electron chi connectivity index (χ3n) is 3.22. The number of amides is 1. The van der Waals surface area contributed by atoms with E-state index in [1.807, 2.05) is 23.6 Å². The van der Waals surface area contributed by atoms with Crippen LogP contribution >= 0.6 is 11.3 Å². The molecule has 0 atom stereocenters. The number of hydrogen-bond acceptors (Lipinski definition) is 5. The molecule has 1 aromatic carbocycles. The van der Waals surface area contributed by atoms with Crippen LogP contribution in [0.3, 0.4) is 0 Å². The molecule has 2 heterocycles. The summed E-state index contributed by atoms with van der Waals surface area (Å²) in [5.74, 6) is 1.96. The van der Waals surface area contributed by atoms with Crippen molar-refractivity contribution in [1.29, 1.82) is 0 Å². The molecule has 1 N–H and O–H groups in total. The number of thiazole rings is 1. The van der Waals surface area contributed by atoms with Crippen LogP contribution in [0.4, 0.5) is 0 Å². The maximum Gasteiger partial charge on any atom is 0.231 e. The predicted molar refractivity (Wildman–Crippen MR) is 85.2 cm³/mol. The van der Waals surface area contributed by atoms with Crippen molar-refractivity contribution in [2.24, 2.45) is 5.92 Å². The monoisotopic (exact) mass is 318 g/mol. The molecule has 116 valence electrons. The Labute approximate surface area is 133 Å². The van der Waals surface area contributed by atoms with Gasteiger partial charge in [-0.15, -0.1) is 11.3 Å². The molecule has 0 aliphatic carbocycles. The smallest absolute Gasteiger partial charge is 0.231 e. The summed E-state index contributed by atoms with van der Waals surface area (Å²) in [5.41, 5.74) is 1.77. The Bertz CT molecular complexity index is 682. The third-order valence-corrected chi connectivity index (χ3v) is 4.16. The molecule has 1 aliphatic rings. The zero-order valence-corrected chi connectivity index (χ0v) is 13.4. The molecule has 0 fully saturated rings. The number of fused-ring (bicyclic) bond motifs is 1. The first-order valence-corrected chi connectivity index (χ1v) is 8.11. The van der Waals surface area contributed by atoms with Crippen molar-refractivity contribution in [2.45, 2.75) is 20.3 Å². The highest BCUT2D eigenvalue weighted by Gasteiger charge is 2.15. The molecule has 0 saturated heterocycles. The lowest BCUT2D eigenvalue weighted by Gasteiger charge is -2.06. The molecule has 1 amide bonds. The van der Waals surface area contributed by atoms with E-state index in [1.165, 1.54) is 11.3 Å². The predicted octanol–water partition coefficient (Wildman–Crippen LogP) is 2.85. The first-order valence-electron chi connectivity index (χ1n) is 7.23. The molecule has 0 spiro atoms. The average molecular weight is 318 g/mol. The van der Waals surface area contributed by atoms with E-state index in [-0.39, 0.29) is 12.7 Å². The van der Waals surface area contributed by atoms with Crippen LogP contribution < -0.4 is 14.8 Å². The highest BCUT2D eigenvalue weighted by molar-refractivity contribution is 7.13. The largest absolute Gasteiger partial charge is 0.454 e. The van der Waals surface area contributed by atoms with Crippen LogP contribution in [0.15, 0.2) is 23.6 Å². The molecular formula is C16H18N2O3S. The van der Waals surface area contributed by atoms with E-state index in [4.69, 9.17) is 9.47 Å². The Balaban J connectivity index is 1.67. The second-order valence-corrected chi connectivity index (χ2v) is 6.44. The summed E-state index contributed by atoms with van der Waals surface area (Å²) in [6.45, 7) is 5.09. The number of nitrogens with one attached hydrogen (secondary N) is 1. The minimum atomic E-state index is 0.0104. The van der Waals surface area contributed by atoms with Gasteiger partial charge >= 0.3 is 0 Å². The van der Waals surface area contributed by atoms with E-state index in [0.717, 1.165) is 27.8 Å². The van der Waals surface area contributed by atoms with Crippen molar-refractivity contribution in [1.82, 2.24) is 10.3 Å². The van der Waals surface area contributed by atoms with Crippen LogP contribution in [-0.4, -0.2) is 24.2 Å². The molecule has 1 aromatic heterocycles. The molecule has 0 bridgehead atoms. The lowest BCUT2D eigenvalue weighted by Crippen LogP contribution is -2.28. The molecular weight excluding hydrogens is 300 g/mol. The van der Waals surface area contributed by atoms with Gasteiger partial charge in [-0.05, 0) is 24.1 Å². The SMILES string of the molecule is CC(C)CNC(=O)Cc1csc(-c2ccc3c(c2)OCO3)n1. The number of benzene rings is 1. The van der Waals surface area contributed by atoms with Crippen LogP contribution in [0.25, 0.3) is 10.6 Å². The van der Waals surface area contributed by atoms with Crippen LogP contribution in [0.2, 0.25) is 0 Å². The fraction of sp³-hybridized carbons (Fsp3) is 0.375. The van der Waals surface area contributed by atoms with Crippen LogP contribution in [0.1, 0.15) is 19.5 Å². The highest BCUT2D eigenvalue weighted by atomic mass is 32.1. The van der Waals surface area contributed by atoms with Crippen molar-refractivity contribution >= 4 is 17.2 Å². The minimum Gasteiger partial charge on any atom is -0.454 e. The number of nitrogens with zero attached hydrogens (tertiary/aromatic N) is 1. The summed E-state index contributed by atoms with van der Waals surface area (Å²) in [6.07, 6.45) is 0.313. The average Bonchev–Trinajstić information content (AvgIpc) is 3.12. The molecule has 22 heavy (non-hydrogen) atoms. The van der Waals surface area contributed by atoms with E-state index in [2.05, 4.69) is 24.1 Å². The Morgan fingerprint density at radius 3 is 3.00 bits per heavy atom. The van der Waals surface area contributed by atoms with Gasteiger partial charge in [-0.3, -0.25) is 4.79 Å². The standard InChI is InChI=1S/C16H18N2O3S/c1-10(2)7-17-15(19)6-12-8-22-16(18-12)11-3-4-13-14(5-11)21-9-20-13/h3-5,8,10H,6-7,9H2,1-2H3,(H,17,19). The molecule has 2 aromatic rings. The van der Waals surface area contributed by atoms with Crippen LogP contribution in [0.5, 0.6) is 11.5 Å². The van der Waals surface area contributed by atoms with Gasteiger partial charge in [-0.2, -0.15) is 0 Å². The summed E-state index contributed by atoms with van der Waals surface area (Å²) < 4.78 is 10.7. The highest BCUT2D eigenvalue weighted by Crippen LogP contribution is 2.36. The molecule has 5 nitrogen and oxygen atoms in total. The fourth-order valence-corrected chi connectivity index (χ4v) is 2.91. The van der Waals surface area contributed by atoms with Gasteiger partial charge in [0.1, 0.15) is 5.01 Å². The number of rotatable bonds is 5. The van der Waals surface area contributed by atoms with E-state index >= 15 is 0 Å². The Kier molecular flexibility index (Phi) is 4.29. The number of carbonyl (C=O) groups excluding carboxylic acids is 1. The van der Waals surface area contributed by atoms with E-state index < -0.39 is 0 Å². The van der Waals surface area contributed by atoms with Gasteiger partial charge < -0.3 is 14.8 Å². The summed E-state index contributed by atoms with van der Waals surface area (Å²) in [6, 6.07) is 5.76.